The van der Waals surface area contributed by atoms with Gasteiger partial charge in [-0.3, -0.25) is 0 Å². The van der Waals surface area contributed by atoms with E-state index in [1.165, 1.54) is 6.20 Å². The number of nitrogens with zero attached hydrogens (tertiary/aromatic N) is 2. The van der Waals surface area contributed by atoms with Gasteiger partial charge in [-0.25, -0.2) is 14.8 Å². The summed E-state index contributed by atoms with van der Waals surface area (Å²) < 4.78 is 0. The first-order chi connectivity index (χ1) is 7.04. The fourth-order valence-electron chi connectivity index (χ4n) is 0.976. The van der Waals surface area contributed by atoms with Crippen LogP contribution in [0.2, 0.25) is 0 Å². The topological polar surface area (TPSA) is 63.1 Å². The zero-order chi connectivity index (χ0) is 11.4. The molecule has 0 aromatic carbocycles. The highest BCUT2D eigenvalue weighted by Gasteiger charge is 2.11. The van der Waals surface area contributed by atoms with Crippen LogP contribution in [0.1, 0.15) is 36.3 Å². The van der Waals surface area contributed by atoms with Crippen molar-refractivity contribution in [3.63, 3.8) is 0 Å². The number of aromatic nitrogens is 2. The van der Waals surface area contributed by atoms with Crippen molar-refractivity contribution in [3.05, 3.63) is 17.5 Å². The van der Waals surface area contributed by atoms with E-state index in [4.69, 9.17) is 5.11 Å². The van der Waals surface area contributed by atoms with Crippen molar-refractivity contribution in [3.8, 4) is 0 Å². The molecule has 0 spiro atoms. The van der Waals surface area contributed by atoms with E-state index in [1.54, 1.807) is 18.7 Å². The molecular formula is C10H14N2O2S. The number of aryl methyl sites for hydroxylation is 1. The van der Waals surface area contributed by atoms with E-state index in [1.807, 2.05) is 0 Å². The Bertz CT molecular complexity index is 368. The van der Waals surface area contributed by atoms with E-state index in [9.17, 15) is 4.79 Å². The van der Waals surface area contributed by atoms with Crippen LogP contribution in [0.3, 0.4) is 0 Å². The van der Waals surface area contributed by atoms with Crippen molar-refractivity contribution in [2.75, 3.05) is 0 Å². The summed E-state index contributed by atoms with van der Waals surface area (Å²) >= 11 is 1.56. The number of carboxylic acids is 1. The molecule has 0 fully saturated rings. The molecule has 0 amide bonds. The first-order valence-corrected chi connectivity index (χ1v) is 5.66. The molecule has 1 unspecified atom stereocenters. The summed E-state index contributed by atoms with van der Waals surface area (Å²) in [6.45, 7) is 5.87. The standard InChI is InChI=1S/C10H14N2O2S/c1-4-6(2)15-10-11-5-8(9(13)14)7(3)12-10/h5-6H,4H2,1-3H3,(H,13,14). The molecular weight excluding hydrogens is 212 g/mol. The molecule has 1 rings (SSSR count). The van der Waals surface area contributed by atoms with Gasteiger partial charge in [-0.15, -0.1) is 0 Å². The summed E-state index contributed by atoms with van der Waals surface area (Å²) in [6, 6.07) is 0. The predicted molar refractivity (Wildman–Crippen MR) is 59.3 cm³/mol. The lowest BCUT2D eigenvalue weighted by molar-refractivity contribution is 0.0695. The first kappa shape index (κ1) is 12.0. The highest BCUT2D eigenvalue weighted by atomic mass is 32.2. The molecule has 1 N–H and O–H groups in total. The quantitative estimate of drug-likeness (QED) is 0.630. The summed E-state index contributed by atoms with van der Waals surface area (Å²) in [6.07, 6.45) is 2.41. The third-order valence-corrected chi connectivity index (χ3v) is 3.21. The molecule has 0 bridgehead atoms. The van der Waals surface area contributed by atoms with E-state index in [2.05, 4.69) is 23.8 Å². The summed E-state index contributed by atoms with van der Waals surface area (Å²) in [5, 5.41) is 9.89. The molecule has 1 heterocycles. The second-order valence-corrected chi connectivity index (χ2v) is 4.70. The zero-order valence-corrected chi connectivity index (χ0v) is 9.84. The molecule has 1 atom stereocenters. The van der Waals surface area contributed by atoms with Crippen molar-refractivity contribution in [2.45, 2.75) is 37.6 Å². The molecule has 1 aromatic rings. The summed E-state index contributed by atoms with van der Waals surface area (Å²) in [5.74, 6) is -0.979. The monoisotopic (exact) mass is 226 g/mol. The molecule has 0 aliphatic heterocycles. The van der Waals surface area contributed by atoms with Gasteiger partial charge < -0.3 is 5.11 Å². The van der Waals surface area contributed by atoms with Crippen LogP contribution in [-0.4, -0.2) is 26.3 Å². The minimum Gasteiger partial charge on any atom is -0.478 e. The van der Waals surface area contributed by atoms with E-state index < -0.39 is 5.97 Å². The van der Waals surface area contributed by atoms with Crippen LogP contribution < -0.4 is 0 Å². The number of hydrogen-bond acceptors (Lipinski definition) is 4. The summed E-state index contributed by atoms with van der Waals surface area (Å²) in [4.78, 5) is 18.9. The van der Waals surface area contributed by atoms with Crippen LogP contribution in [-0.2, 0) is 0 Å². The second kappa shape index (κ2) is 5.11. The maximum absolute atomic E-state index is 10.7. The highest BCUT2D eigenvalue weighted by Crippen LogP contribution is 2.21. The number of carboxylic acid groups (broad SMARTS) is 1. The highest BCUT2D eigenvalue weighted by molar-refractivity contribution is 7.99. The van der Waals surface area contributed by atoms with Crippen LogP contribution in [0.5, 0.6) is 0 Å². The van der Waals surface area contributed by atoms with Crippen molar-refractivity contribution >= 4 is 17.7 Å². The van der Waals surface area contributed by atoms with Crippen LogP contribution >= 0.6 is 11.8 Å². The van der Waals surface area contributed by atoms with Gasteiger partial charge in [-0.2, -0.15) is 0 Å². The van der Waals surface area contributed by atoms with Gasteiger partial charge in [-0.05, 0) is 13.3 Å². The molecule has 0 radical (unpaired) electrons. The lowest BCUT2D eigenvalue weighted by Gasteiger charge is -2.07. The minimum absolute atomic E-state index is 0.170. The molecule has 0 aliphatic rings. The van der Waals surface area contributed by atoms with Crippen molar-refractivity contribution in [2.24, 2.45) is 0 Å². The third-order valence-electron chi connectivity index (χ3n) is 2.07. The SMILES string of the molecule is CCC(C)Sc1ncc(C(=O)O)c(C)n1. The lowest BCUT2D eigenvalue weighted by Crippen LogP contribution is -2.05. The normalized spacial score (nSPS) is 12.5. The Morgan fingerprint density at radius 2 is 2.33 bits per heavy atom. The number of hydrogen-bond donors (Lipinski definition) is 1. The van der Waals surface area contributed by atoms with Gasteiger partial charge in [0, 0.05) is 11.4 Å². The van der Waals surface area contributed by atoms with E-state index >= 15 is 0 Å². The van der Waals surface area contributed by atoms with Gasteiger partial charge >= 0.3 is 5.97 Å². The van der Waals surface area contributed by atoms with Gasteiger partial charge in [0.05, 0.1) is 11.3 Å². The van der Waals surface area contributed by atoms with Crippen LogP contribution in [0, 0.1) is 6.92 Å². The number of aromatic carboxylic acids is 1. The minimum atomic E-state index is -0.979. The maximum atomic E-state index is 10.7. The third kappa shape index (κ3) is 3.20. The van der Waals surface area contributed by atoms with E-state index in [0.29, 0.717) is 16.1 Å². The van der Waals surface area contributed by atoms with Crippen LogP contribution in [0.4, 0.5) is 0 Å². The molecule has 82 valence electrons. The molecule has 1 aromatic heterocycles. The first-order valence-electron chi connectivity index (χ1n) is 4.78. The molecule has 0 saturated carbocycles. The average molecular weight is 226 g/mol. The molecule has 0 saturated heterocycles. The van der Waals surface area contributed by atoms with Gasteiger partial charge in [0.1, 0.15) is 0 Å². The van der Waals surface area contributed by atoms with Gasteiger partial charge in [0.2, 0.25) is 0 Å². The second-order valence-electron chi connectivity index (χ2n) is 3.29. The molecule has 0 aliphatic carbocycles. The van der Waals surface area contributed by atoms with Gasteiger partial charge in [0.15, 0.2) is 5.16 Å². The van der Waals surface area contributed by atoms with Crippen molar-refractivity contribution in [1.82, 2.24) is 9.97 Å². The summed E-state index contributed by atoms with van der Waals surface area (Å²) in [5.41, 5.74) is 0.687. The Balaban J connectivity index is 2.87. The lowest BCUT2D eigenvalue weighted by atomic mass is 10.2. The molecule has 5 heteroatoms. The smallest absolute Gasteiger partial charge is 0.339 e. The van der Waals surface area contributed by atoms with E-state index in [0.717, 1.165) is 6.42 Å². The Morgan fingerprint density at radius 3 is 2.80 bits per heavy atom. The average Bonchev–Trinajstić information content (AvgIpc) is 2.17. The van der Waals surface area contributed by atoms with Crippen molar-refractivity contribution in [1.29, 1.82) is 0 Å². The zero-order valence-electron chi connectivity index (χ0n) is 9.02. The number of thioether (sulfide) groups is 1. The van der Waals surface area contributed by atoms with E-state index in [-0.39, 0.29) is 5.56 Å². The fourth-order valence-corrected chi connectivity index (χ4v) is 1.81. The Hall–Kier alpha value is -1.10. The Morgan fingerprint density at radius 1 is 1.67 bits per heavy atom. The maximum Gasteiger partial charge on any atom is 0.339 e. The van der Waals surface area contributed by atoms with Crippen molar-refractivity contribution < 1.29 is 9.90 Å². The molecule has 4 nitrogen and oxygen atoms in total. The van der Waals surface area contributed by atoms with Crippen LogP contribution in [0.25, 0.3) is 0 Å². The predicted octanol–water partition coefficient (Wildman–Crippen LogP) is 2.37. The number of carbonyl (C=O) groups is 1. The largest absolute Gasteiger partial charge is 0.478 e. The van der Waals surface area contributed by atoms with Crippen LogP contribution in [0.15, 0.2) is 11.4 Å². The fraction of sp³-hybridized carbons (Fsp3) is 0.500. The number of rotatable bonds is 4. The Labute approximate surface area is 93.1 Å². The Kier molecular flexibility index (Phi) is 4.08. The van der Waals surface area contributed by atoms with Gasteiger partial charge in [-0.1, -0.05) is 25.6 Å². The van der Waals surface area contributed by atoms with Gasteiger partial charge in [0.25, 0.3) is 0 Å². The molecule has 15 heavy (non-hydrogen) atoms. The summed E-state index contributed by atoms with van der Waals surface area (Å²) in [7, 11) is 0.